The van der Waals surface area contributed by atoms with Gasteiger partial charge in [0.25, 0.3) is 20.6 Å². The first-order valence-electron chi connectivity index (χ1n) is 30.0. The van der Waals surface area contributed by atoms with Gasteiger partial charge in [0.05, 0.1) is 65.3 Å². The number of nitrogens with zero attached hydrogens (tertiary/aromatic N) is 10. The number of alkyl halides is 2. The van der Waals surface area contributed by atoms with Crippen LogP contribution in [0.3, 0.4) is 0 Å². The molecule has 0 spiro atoms. The molecule has 0 unspecified atom stereocenters. The molecule has 0 radical (unpaired) electrons. The lowest BCUT2D eigenvalue weighted by atomic mass is 10.2. The van der Waals surface area contributed by atoms with Gasteiger partial charge in [-0.05, 0) is 121 Å². The van der Waals surface area contributed by atoms with E-state index in [0.717, 1.165) is 88.7 Å². The van der Waals surface area contributed by atoms with Crippen LogP contribution >= 0.6 is 120 Å². The van der Waals surface area contributed by atoms with E-state index >= 15 is 0 Å². The maximum Gasteiger partial charge on any atom is 0.255 e. The molecule has 3 aromatic carbocycles. The van der Waals surface area contributed by atoms with Crippen LogP contribution in [0.5, 0.6) is 0 Å². The van der Waals surface area contributed by atoms with Crippen LogP contribution in [0.1, 0.15) is 148 Å². The maximum atomic E-state index is 6.40. The van der Waals surface area contributed by atoms with Gasteiger partial charge < -0.3 is 34.4 Å². The SMILES string of the molecule is CCCCCCBr.CCCCCCn1c[n+](Cc2ccc3ccccc3n2)c(Cl)c1Cl.CCCCCCn1c[n+](Cc2ccc3ccccc3n2)c(Cl)c1Cl.CCCCCCn1cnc(Cl)c1Cl.ClCc1ccc2ccccc2n1.Clc1nc[nH]c1Cl.[Cl-].[Cl-]. The molecule has 10 aromatic rings. The molecule has 1 N–H and O–H groups in total. The molecule has 7 heterocycles. The lowest BCUT2D eigenvalue weighted by Crippen LogP contribution is -3.00. The number of rotatable bonds is 24. The number of hydrogen-bond donors (Lipinski definition) is 1. The number of aryl methyl sites for hydroxylation is 3. The van der Waals surface area contributed by atoms with Gasteiger partial charge >= 0.3 is 0 Å². The number of halogens is 12. The van der Waals surface area contributed by atoms with E-state index in [1.54, 1.807) is 6.33 Å². The number of nitrogens with one attached hydrogen (secondary N) is 1. The molecule has 484 valence electrons. The largest absolute Gasteiger partial charge is 1.00 e. The molecule has 0 aliphatic carbocycles. The van der Waals surface area contributed by atoms with Gasteiger partial charge in [0, 0.05) is 28.0 Å². The number of imidazole rings is 4. The number of unbranched alkanes of at least 4 members (excludes halogenated alkanes) is 12. The second kappa shape index (κ2) is 45.7. The summed E-state index contributed by atoms with van der Waals surface area (Å²) in [5.74, 6) is 0.477. The fourth-order valence-corrected chi connectivity index (χ4v) is 10.9. The van der Waals surface area contributed by atoms with E-state index < -0.39 is 0 Å². The summed E-state index contributed by atoms with van der Waals surface area (Å²) in [5.41, 5.74) is 5.88. The predicted octanol–water partition coefficient (Wildman–Crippen LogP) is 15.9. The van der Waals surface area contributed by atoms with Crippen LogP contribution in [-0.2, 0) is 38.6 Å². The summed E-state index contributed by atoms with van der Waals surface area (Å²) in [7, 11) is 0. The fourth-order valence-electron chi connectivity index (χ4n) is 8.88. The normalized spacial score (nSPS) is 10.5. The molecular weight excluding hydrogens is 1420 g/mol. The zero-order valence-electron chi connectivity index (χ0n) is 51.0. The summed E-state index contributed by atoms with van der Waals surface area (Å²) in [6.45, 7) is 12.8. The number of benzene rings is 3. The minimum atomic E-state index is 0. The number of fused-ring (bicyclic) bond motifs is 3. The first kappa shape index (κ1) is 79.6. The van der Waals surface area contributed by atoms with Crippen molar-refractivity contribution in [1.82, 2.24) is 43.6 Å². The molecule has 23 heteroatoms. The Kier molecular flexibility index (Phi) is 40.8. The van der Waals surface area contributed by atoms with Gasteiger partial charge in [-0.25, -0.2) is 38.2 Å². The monoisotopic (exact) mass is 1490 g/mol. The third kappa shape index (κ3) is 27.9. The van der Waals surface area contributed by atoms with Crippen molar-refractivity contribution >= 4 is 153 Å². The van der Waals surface area contributed by atoms with Gasteiger partial charge in [0.1, 0.15) is 23.4 Å². The van der Waals surface area contributed by atoms with E-state index in [1.165, 1.54) is 95.1 Å². The van der Waals surface area contributed by atoms with Crippen molar-refractivity contribution in [2.75, 3.05) is 5.33 Å². The molecule has 89 heavy (non-hydrogen) atoms. The van der Waals surface area contributed by atoms with Crippen LogP contribution in [0.4, 0.5) is 0 Å². The molecule has 0 bridgehead atoms. The van der Waals surface area contributed by atoms with Crippen LogP contribution in [0.25, 0.3) is 32.7 Å². The Morgan fingerprint density at radius 1 is 0.427 bits per heavy atom. The highest BCUT2D eigenvalue weighted by molar-refractivity contribution is 9.09. The van der Waals surface area contributed by atoms with Gasteiger partial charge in [-0.15, -0.1) is 11.6 Å². The van der Waals surface area contributed by atoms with E-state index in [4.69, 9.17) is 114 Å². The third-order valence-electron chi connectivity index (χ3n) is 13.7. The van der Waals surface area contributed by atoms with Crippen LogP contribution < -0.4 is 33.9 Å². The fraction of sp³-hybridized carbons (Fsp3) is 0.409. The summed E-state index contributed by atoms with van der Waals surface area (Å²) in [6.07, 6.45) is 27.1. The van der Waals surface area contributed by atoms with E-state index in [2.05, 4.69) is 87.8 Å². The minimum absolute atomic E-state index is 0. The van der Waals surface area contributed by atoms with Crippen molar-refractivity contribution in [1.29, 1.82) is 0 Å². The smallest absolute Gasteiger partial charge is 0.255 e. The number of pyridine rings is 3. The van der Waals surface area contributed by atoms with Gasteiger partial charge in [-0.1, -0.05) is 227 Å². The summed E-state index contributed by atoms with van der Waals surface area (Å²) < 4.78 is 9.86. The number of H-pyrrole nitrogens is 1. The van der Waals surface area contributed by atoms with Crippen LogP contribution in [0, 0.1) is 0 Å². The lowest BCUT2D eigenvalue weighted by Gasteiger charge is -2.02. The molecule has 0 aliphatic heterocycles. The van der Waals surface area contributed by atoms with Gasteiger partial charge in [-0.2, -0.15) is 0 Å². The van der Waals surface area contributed by atoms with Crippen LogP contribution in [0.2, 0.25) is 41.2 Å². The van der Waals surface area contributed by atoms with Crippen molar-refractivity contribution in [3.63, 3.8) is 0 Å². The first-order chi connectivity index (χ1) is 42.2. The summed E-state index contributed by atoms with van der Waals surface area (Å²) in [6, 6.07) is 36.5. The Hall–Kier alpha value is -3.60. The predicted molar refractivity (Wildman–Crippen MR) is 374 cm³/mol. The topological polar surface area (TPSA) is 103 Å². The van der Waals surface area contributed by atoms with E-state index in [-0.39, 0.29) is 24.8 Å². The Bertz CT molecular complexity index is 3390. The quantitative estimate of drug-likeness (QED) is 0.0369. The van der Waals surface area contributed by atoms with Crippen molar-refractivity contribution < 1.29 is 33.9 Å². The van der Waals surface area contributed by atoms with Gasteiger partial charge in [0.15, 0.2) is 10.3 Å². The third-order valence-corrected chi connectivity index (χ3v) is 17.8. The van der Waals surface area contributed by atoms with Crippen LogP contribution in [0.15, 0.2) is 135 Å². The minimum Gasteiger partial charge on any atom is -1.00 e. The van der Waals surface area contributed by atoms with Crippen molar-refractivity contribution in [3.05, 3.63) is 193 Å². The van der Waals surface area contributed by atoms with Crippen LogP contribution in [-0.4, -0.2) is 48.9 Å². The van der Waals surface area contributed by atoms with Gasteiger partial charge in [0.2, 0.25) is 12.7 Å². The summed E-state index contributed by atoms with van der Waals surface area (Å²) in [5, 5.41) is 8.64. The first-order valence-corrected chi connectivity index (χ1v) is 34.7. The molecule has 10 rings (SSSR count). The summed E-state index contributed by atoms with van der Waals surface area (Å²) in [4.78, 5) is 23.9. The second-order valence-corrected chi connectivity index (χ2v) is 24.6. The average molecular weight is 1500 g/mol. The number of aromatic amines is 1. The molecule has 0 fully saturated rings. The van der Waals surface area contributed by atoms with Crippen molar-refractivity contribution in [3.8, 4) is 0 Å². The highest BCUT2D eigenvalue weighted by Gasteiger charge is 2.22. The highest BCUT2D eigenvalue weighted by Crippen LogP contribution is 2.24. The number of hydrogen-bond acceptors (Lipinski definition) is 5. The highest BCUT2D eigenvalue weighted by atomic mass is 79.9. The second-order valence-electron chi connectivity index (χ2n) is 20.6. The summed E-state index contributed by atoms with van der Waals surface area (Å²) >= 11 is 56.9. The molecule has 7 aromatic heterocycles. The van der Waals surface area contributed by atoms with Gasteiger partial charge in [-0.3, -0.25) is 4.98 Å². The van der Waals surface area contributed by atoms with E-state index in [0.29, 0.717) is 60.2 Å². The Morgan fingerprint density at radius 3 is 1.15 bits per heavy atom. The molecule has 0 amide bonds. The molecule has 0 aliphatic rings. The van der Waals surface area contributed by atoms with Crippen molar-refractivity contribution in [2.24, 2.45) is 0 Å². The Labute approximate surface area is 592 Å². The number of aromatic nitrogens is 11. The molecule has 11 nitrogen and oxygen atoms in total. The molecule has 0 saturated carbocycles. The molecule has 0 saturated heterocycles. The Morgan fingerprint density at radius 2 is 0.809 bits per heavy atom. The lowest BCUT2D eigenvalue weighted by molar-refractivity contribution is -0.686. The molecular formula is C66H81BrCl11N11. The molecule has 0 atom stereocenters. The number of para-hydroxylation sites is 3. The zero-order valence-corrected chi connectivity index (χ0v) is 60.9. The van der Waals surface area contributed by atoms with E-state index in [1.807, 2.05) is 120 Å². The zero-order chi connectivity index (χ0) is 62.8. The average Bonchev–Trinajstić information content (AvgIpc) is 4.45. The standard InChI is InChI=1S/2C19H22Cl2N3.C10H8ClN.C9H14Cl2N2.C6H13Br.C3H2Cl2N2.2ClH/c2*1-2-3-4-7-12-23-14-24(19(21)18(23)20)13-16-11-10-15-8-5-6-9-17(15)22-16;11-7-9-6-5-8-3-1-2-4-10(8)12-9;1-2-3-4-5-6-13-7-12-8(10)9(13)11;1-2-3-4-5-6-7;4-2-3(5)7-1-6-2;;/h2*5-6,8-11,14H,2-4,7,12-13H2,1H3;1-6H,7H2;7H,2-6H2,1H3;2-6H2,1H3;1H,(H,6,7);2*1H/q2*+1;;;;;;/p-2. The Balaban J connectivity index is 0.000000295. The van der Waals surface area contributed by atoms with E-state index in [9.17, 15) is 0 Å². The maximum absolute atomic E-state index is 6.40. The van der Waals surface area contributed by atoms with Crippen molar-refractivity contribution in [2.45, 2.75) is 169 Å².